The largest absolute Gasteiger partial charge is 0.354 e. The van der Waals surface area contributed by atoms with Crippen molar-refractivity contribution in [1.82, 2.24) is 10.2 Å². The first kappa shape index (κ1) is 24.2. The molecule has 0 fully saturated rings. The van der Waals surface area contributed by atoms with Crippen molar-refractivity contribution in [3.05, 3.63) is 70.2 Å². The van der Waals surface area contributed by atoms with Crippen molar-refractivity contribution in [3.63, 3.8) is 0 Å². The van der Waals surface area contributed by atoms with Crippen molar-refractivity contribution in [2.75, 3.05) is 12.3 Å². The molecular formula is C22H25ClF2N2O2S. The van der Waals surface area contributed by atoms with Crippen LogP contribution in [0.5, 0.6) is 0 Å². The summed E-state index contributed by atoms with van der Waals surface area (Å²) in [6.07, 6.45) is 0.781. The lowest BCUT2D eigenvalue weighted by atomic mass is 10.1. The predicted molar refractivity (Wildman–Crippen MR) is 117 cm³/mol. The third kappa shape index (κ3) is 6.99. The molecule has 2 aromatic rings. The summed E-state index contributed by atoms with van der Waals surface area (Å²) in [4.78, 5) is 26.8. The van der Waals surface area contributed by atoms with Gasteiger partial charge in [-0.15, -0.1) is 11.8 Å². The summed E-state index contributed by atoms with van der Waals surface area (Å²) in [5, 5.41) is 3.10. The first-order valence-corrected chi connectivity index (χ1v) is 11.2. The molecule has 8 heteroatoms. The van der Waals surface area contributed by atoms with Crippen molar-refractivity contribution in [1.29, 1.82) is 0 Å². The van der Waals surface area contributed by atoms with E-state index >= 15 is 0 Å². The minimum atomic E-state index is -0.702. The average Bonchev–Trinajstić information content (AvgIpc) is 2.73. The number of carbonyl (C=O) groups excluding carboxylic acids is 2. The second-order valence-corrected chi connectivity index (χ2v) is 8.20. The Morgan fingerprint density at radius 2 is 1.87 bits per heavy atom. The van der Waals surface area contributed by atoms with E-state index in [1.807, 2.05) is 6.92 Å². The second kappa shape index (κ2) is 11.9. The molecule has 2 rings (SSSR count). The van der Waals surface area contributed by atoms with Gasteiger partial charge in [0.25, 0.3) is 0 Å². The van der Waals surface area contributed by atoms with Crippen molar-refractivity contribution < 1.29 is 18.4 Å². The van der Waals surface area contributed by atoms with Crippen LogP contribution in [0.4, 0.5) is 8.78 Å². The third-order valence-electron chi connectivity index (χ3n) is 4.52. The van der Waals surface area contributed by atoms with Crippen molar-refractivity contribution in [2.24, 2.45) is 0 Å². The molecule has 1 N–H and O–H groups in total. The van der Waals surface area contributed by atoms with E-state index in [0.29, 0.717) is 22.7 Å². The zero-order valence-electron chi connectivity index (χ0n) is 17.0. The first-order chi connectivity index (χ1) is 14.3. The van der Waals surface area contributed by atoms with Gasteiger partial charge in [0, 0.05) is 29.4 Å². The topological polar surface area (TPSA) is 49.4 Å². The van der Waals surface area contributed by atoms with Crippen LogP contribution in [0.2, 0.25) is 5.02 Å². The molecule has 0 aromatic heterocycles. The number of carbonyl (C=O) groups is 2. The van der Waals surface area contributed by atoms with Crippen LogP contribution in [0.25, 0.3) is 0 Å². The van der Waals surface area contributed by atoms with Crippen molar-refractivity contribution in [3.8, 4) is 0 Å². The van der Waals surface area contributed by atoms with Crippen LogP contribution in [0.1, 0.15) is 31.4 Å². The lowest BCUT2D eigenvalue weighted by Gasteiger charge is -2.28. The van der Waals surface area contributed by atoms with E-state index in [1.54, 1.807) is 25.1 Å². The van der Waals surface area contributed by atoms with Crippen LogP contribution in [0.3, 0.4) is 0 Å². The molecule has 1 atom stereocenters. The van der Waals surface area contributed by atoms with Crippen LogP contribution in [-0.4, -0.2) is 35.1 Å². The highest BCUT2D eigenvalue weighted by molar-refractivity contribution is 7.99. The van der Waals surface area contributed by atoms with Gasteiger partial charge in [0.05, 0.1) is 5.75 Å². The third-order valence-corrected chi connectivity index (χ3v) is 5.81. The Morgan fingerprint density at radius 1 is 1.17 bits per heavy atom. The minimum Gasteiger partial charge on any atom is -0.354 e. The number of hydrogen-bond donors (Lipinski definition) is 1. The van der Waals surface area contributed by atoms with Crippen LogP contribution in [-0.2, 0) is 21.9 Å². The maximum Gasteiger partial charge on any atom is 0.242 e. The molecule has 0 saturated heterocycles. The maximum absolute atomic E-state index is 13.9. The Kier molecular flexibility index (Phi) is 9.59. The molecule has 2 aromatic carbocycles. The average molecular weight is 455 g/mol. The zero-order chi connectivity index (χ0) is 22.1. The molecule has 2 amide bonds. The summed E-state index contributed by atoms with van der Waals surface area (Å²) in [5.41, 5.74) is 1.05. The summed E-state index contributed by atoms with van der Waals surface area (Å²) < 4.78 is 27.1. The van der Waals surface area contributed by atoms with Gasteiger partial charge in [-0.2, -0.15) is 0 Å². The normalized spacial score (nSPS) is 11.8. The smallest absolute Gasteiger partial charge is 0.242 e. The van der Waals surface area contributed by atoms with Crippen molar-refractivity contribution in [2.45, 2.75) is 38.6 Å². The molecular weight excluding hydrogens is 430 g/mol. The summed E-state index contributed by atoms with van der Waals surface area (Å²) in [7, 11) is 0. The van der Waals surface area contributed by atoms with Crippen molar-refractivity contribution >= 4 is 35.2 Å². The highest BCUT2D eigenvalue weighted by Crippen LogP contribution is 2.24. The molecule has 0 aliphatic heterocycles. The molecule has 4 nitrogen and oxygen atoms in total. The van der Waals surface area contributed by atoms with E-state index in [9.17, 15) is 18.4 Å². The molecule has 0 radical (unpaired) electrons. The van der Waals surface area contributed by atoms with Gasteiger partial charge in [-0.25, -0.2) is 8.78 Å². The van der Waals surface area contributed by atoms with Crippen LogP contribution in [0.15, 0.2) is 42.5 Å². The lowest BCUT2D eigenvalue weighted by molar-refractivity contribution is -0.138. The molecule has 1 unspecified atom stereocenters. The van der Waals surface area contributed by atoms with E-state index < -0.39 is 11.9 Å². The Bertz CT molecular complexity index is 844. The number of hydrogen-bond acceptors (Lipinski definition) is 3. The van der Waals surface area contributed by atoms with E-state index in [4.69, 9.17) is 11.6 Å². The fraction of sp³-hybridized carbons (Fsp3) is 0.364. The van der Waals surface area contributed by atoms with Gasteiger partial charge in [-0.05, 0) is 43.2 Å². The van der Waals surface area contributed by atoms with Gasteiger partial charge in [-0.1, -0.05) is 36.7 Å². The molecule has 0 spiro atoms. The SMILES string of the molecule is CCCNC(=O)C(C)N(Cc1ccc(F)cc1)C(=O)CSCc1c(F)cccc1Cl. The Balaban J connectivity index is 2.08. The molecule has 0 aliphatic rings. The Morgan fingerprint density at radius 3 is 2.50 bits per heavy atom. The molecule has 0 bridgehead atoms. The summed E-state index contributed by atoms with van der Waals surface area (Å²) in [6.45, 7) is 4.28. The lowest BCUT2D eigenvalue weighted by Crippen LogP contribution is -2.48. The Labute approximate surface area is 185 Å². The molecule has 0 saturated carbocycles. The quantitative estimate of drug-likeness (QED) is 0.561. The van der Waals surface area contributed by atoms with Gasteiger partial charge in [0.1, 0.15) is 17.7 Å². The predicted octanol–water partition coefficient (Wildman–Crippen LogP) is 4.79. The van der Waals surface area contributed by atoms with Crippen LogP contribution >= 0.6 is 23.4 Å². The second-order valence-electron chi connectivity index (χ2n) is 6.81. The number of halogens is 3. The van der Waals surface area contributed by atoms with Crippen LogP contribution < -0.4 is 5.32 Å². The number of benzene rings is 2. The summed E-state index contributed by atoms with van der Waals surface area (Å²) >= 11 is 7.26. The van der Waals surface area contributed by atoms with Gasteiger partial charge in [0.15, 0.2) is 0 Å². The molecule has 162 valence electrons. The van der Waals surface area contributed by atoms with E-state index in [-0.39, 0.29) is 35.7 Å². The fourth-order valence-corrected chi connectivity index (χ4v) is 4.01. The van der Waals surface area contributed by atoms with E-state index in [0.717, 1.165) is 6.42 Å². The van der Waals surface area contributed by atoms with Gasteiger partial charge < -0.3 is 10.2 Å². The summed E-state index contributed by atoms with van der Waals surface area (Å²) in [5.74, 6) is -1.03. The van der Waals surface area contributed by atoms with Gasteiger partial charge in [0.2, 0.25) is 11.8 Å². The Hall–Kier alpha value is -2.12. The monoisotopic (exact) mass is 454 g/mol. The summed E-state index contributed by atoms with van der Waals surface area (Å²) in [6, 6.07) is 9.54. The number of nitrogens with one attached hydrogen (secondary N) is 1. The molecule has 30 heavy (non-hydrogen) atoms. The first-order valence-electron chi connectivity index (χ1n) is 9.65. The number of thioether (sulfide) groups is 1. The number of rotatable bonds is 10. The number of amides is 2. The number of nitrogens with zero attached hydrogens (tertiary/aromatic N) is 1. The van der Waals surface area contributed by atoms with Crippen LogP contribution in [0, 0.1) is 11.6 Å². The van der Waals surface area contributed by atoms with E-state index in [1.165, 1.54) is 40.9 Å². The maximum atomic E-state index is 13.9. The molecule has 0 aliphatic carbocycles. The highest BCUT2D eigenvalue weighted by atomic mass is 35.5. The fourth-order valence-electron chi connectivity index (χ4n) is 2.76. The van der Waals surface area contributed by atoms with Gasteiger partial charge >= 0.3 is 0 Å². The zero-order valence-corrected chi connectivity index (χ0v) is 18.5. The van der Waals surface area contributed by atoms with Gasteiger partial charge in [-0.3, -0.25) is 9.59 Å². The van der Waals surface area contributed by atoms with E-state index in [2.05, 4.69) is 5.32 Å². The minimum absolute atomic E-state index is 0.0528. The standard InChI is InChI=1S/C22H25ClF2N2O2S/c1-3-11-26-22(29)15(2)27(12-16-7-9-17(24)10-8-16)21(28)14-30-13-18-19(23)5-4-6-20(18)25/h4-10,15H,3,11-14H2,1-2H3,(H,26,29). The highest BCUT2D eigenvalue weighted by Gasteiger charge is 2.26. The molecule has 0 heterocycles.